The van der Waals surface area contributed by atoms with E-state index in [1.54, 1.807) is 30.5 Å². The molecule has 1 aliphatic heterocycles. The molecule has 1 saturated heterocycles. The third-order valence-corrected chi connectivity index (χ3v) is 6.16. The van der Waals surface area contributed by atoms with Crippen molar-refractivity contribution in [3.8, 4) is 17.0 Å². The molecule has 0 radical (unpaired) electrons. The van der Waals surface area contributed by atoms with Crippen molar-refractivity contribution in [2.45, 2.75) is 38.0 Å². The van der Waals surface area contributed by atoms with Crippen molar-refractivity contribution in [1.29, 1.82) is 0 Å². The fourth-order valence-electron chi connectivity index (χ4n) is 4.49. The van der Waals surface area contributed by atoms with Gasteiger partial charge in [0.2, 0.25) is 11.8 Å². The maximum atomic E-state index is 14.8. The lowest BCUT2D eigenvalue weighted by Crippen LogP contribution is -2.53. The number of fused-ring (bicyclic) bond motifs is 2. The second-order valence-corrected chi connectivity index (χ2v) is 8.70. The number of nitrogens with one attached hydrogen (secondary N) is 1. The van der Waals surface area contributed by atoms with Crippen LogP contribution >= 0.6 is 0 Å². The largest absolute Gasteiger partial charge is 0.479 e. The summed E-state index contributed by atoms with van der Waals surface area (Å²) in [6.45, 7) is -3.32. The number of piperidine rings is 1. The zero-order valence-corrected chi connectivity index (χ0v) is 19.3. The van der Waals surface area contributed by atoms with Crippen molar-refractivity contribution in [3.05, 3.63) is 36.3 Å². The van der Waals surface area contributed by atoms with Gasteiger partial charge in [0.15, 0.2) is 0 Å². The van der Waals surface area contributed by atoms with Gasteiger partial charge in [-0.15, -0.1) is 5.10 Å². The Bertz CT molecular complexity index is 1530. The van der Waals surface area contributed by atoms with Crippen molar-refractivity contribution in [1.82, 2.24) is 29.0 Å². The summed E-state index contributed by atoms with van der Waals surface area (Å²) in [6, 6.07) is 5.16. The number of aryl methyl sites for hydroxylation is 1. The average molecular weight is 513 g/mol. The van der Waals surface area contributed by atoms with Crippen molar-refractivity contribution >= 4 is 22.5 Å². The molecule has 0 aliphatic carbocycles. The molecule has 13 heteroatoms. The third kappa shape index (κ3) is 4.43. The molecule has 1 unspecified atom stereocenters. The maximum absolute atomic E-state index is 14.8. The van der Waals surface area contributed by atoms with Crippen LogP contribution in [0.15, 0.2) is 30.5 Å². The molecule has 4 heterocycles. The molecule has 1 aromatic carbocycles. The zero-order chi connectivity index (χ0) is 28.3. The molecule has 4 aromatic rings. The summed E-state index contributed by atoms with van der Waals surface area (Å²) in [5.74, 6) is -3.24. The van der Waals surface area contributed by atoms with Crippen LogP contribution in [-0.4, -0.2) is 74.4 Å². The Morgan fingerprint density at radius 3 is 2.75 bits per heavy atom. The first-order valence-electron chi connectivity index (χ1n) is 12.5. The molecule has 0 bridgehead atoms. The van der Waals surface area contributed by atoms with Crippen LogP contribution in [-0.2, 0) is 6.54 Å². The molecule has 1 aliphatic rings. The van der Waals surface area contributed by atoms with Gasteiger partial charge in [-0.3, -0.25) is 0 Å². The number of ether oxygens (including phenoxy) is 1. The summed E-state index contributed by atoms with van der Waals surface area (Å²) in [5, 5.41) is 6.89. The Morgan fingerprint density at radius 2 is 2.06 bits per heavy atom. The van der Waals surface area contributed by atoms with E-state index in [9.17, 15) is 22.0 Å². The maximum Gasteiger partial charge on any atom is 0.406 e. The van der Waals surface area contributed by atoms with Crippen molar-refractivity contribution in [2.24, 2.45) is 0 Å². The minimum absolute atomic E-state index is 0.0517. The van der Waals surface area contributed by atoms with Gasteiger partial charge in [0, 0.05) is 22.4 Å². The molecule has 0 amide bonds. The number of rotatable bonds is 5. The lowest BCUT2D eigenvalue weighted by molar-refractivity contribution is -0.140. The lowest BCUT2D eigenvalue weighted by atomic mass is 10.0. The summed E-state index contributed by atoms with van der Waals surface area (Å²) in [4.78, 5) is 9.22. The molecule has 1 atom stereocenters. The number of nitrogens with zero attached hydrogens (tertiary/aromatic N) is 6. The van der Waals surface area contributed by atoms with Crippen molar-refractivity contribution < 1.29 is 30.8 Å². The topological polar surface area (TPSA) is 72.5 Å². The molecule has 8 nitrogen and oxygen atoms in total. The normalized spacial score (nSPS) is 20.3. The Balaban J connectivity index is 1.49. The smallest absolute Gasteiger partial charge is 0.406 e. The van der Waals surface area contributed by atoms with E-state index in [4.69, 9.17) is 8.85 Å². The summed E-state index contributed by atoms with van der Waals surface area (Å²) in [5.41, 5.74) is 2.19. The van der Waals surface area contributed by atoms with Crippen LogP contribution in [0.4, 0.5) is 27.9 Å². The van der Waals surface area contributed by atoms with Gasteiger partial charge in [-0.2, -0.15) is 18.2 Å². The highest BCUT2D eigenvalue weighted by atomic mass is 19.4. The van der Waals surface area contributed by atoms with E-state index in [1.165, 1.54) is 18.5 Å². The molecule has 1 fully saturated rings. The van der Waals surface area contributed by atoms with Crippen LogP contribution in [0.5, 0.6) is 5.88 Å². The highest BCUT2D eigenvalue weighted by Crippen LogP contribution is 2.35. The second kappa shape index (κ2) is 8.57. The minimum Gasteiger partial charge on any atom is -0.479 e. The first-order valence-corrected chi connectivity index (χ1v) is 11.0. The average Bonchev–Trinajstić information content (AvgIpc) is 3.38. The van der Waals surface area contributed by atoms with Gasteiger partial charge in [-0.25, -0.2) is 18.3 Å². The zero-order valence-electron chi connectivity index (χ0n) is 22.3. The summed E-state index contributed by atoms with van der Waals surface area (Å²) >= 11 is 0. The van der Waals surface area contributed by atoms with Gasteiger partial charge >= 0.3 is 6.18 Å². The van der Waals surface area contributed by atoms with E-state index in [1.807, 2.05) is 0 Å². The van der Waals surface area contributed by atoms with Crippen LogP contribution < -0.4 is 10.1 Å². The SMILES string of the molecule is [2H]C([2H])([2H])N1CCC(Nc2nc(OC)c3c(-c4ccc5nc(C)n(CC(F)(F)F)c5c4)ccn3n2)C(F)(F)C1. The van der Waals surface area contributed by atoms with E-state index in [0.717, 1.165) is 9.47 Å². The molecular formula is C23H24F5N7O. The highest BCUT2D eigenvalue weighted by Gasteiger charge is 2.44. The van der Waals surface area contributed by atoms with Gasteiger partial charge in [-0.1, -0.05) is 6.07 Å². The standard InChI is InChI=1S/C23H24F5N7O/c1-13-29-16-5-4-14(10-17(16)34(13)12-23(26,27)28)15-6-9-35-19(15)20(36-3)31-21(32-35)30-18-7-8-33(2)11-22(18,24)25/h4-6,9-10,18H,7-8,11-12H2,1-3H3,(H,30,32)/i2D3. The number of aromatic nitrogens is 5. The Kier molecular flexibility index (Phi) is 4.93. The van der Waals surface area contributed by atoms with E-state index < -0.39 is 38.2 Å². The fraction of sp³-hybridized carbons (Fsp3) is 0.435. The number of likely N-dealkylation sites (tertiary alicyclic amines) is 1. The predicted octanol–water partition coefficient (Wildman–Crippen LogP) is 4.38. The number of hydrogen-bond acceptors (Lipinski definition) is 6. The minimum atomic E-state index is -4.43. The van der Waals surface area contributed by atoms with Gasteiger partial charge < -0.3 is 19.5 Å². The first-order chi connectivity index (χ1) is 18.2. The number of halogens is 5. The quantitative estimate of drug-likeness (QED) is 0.401. The Labute approximate surface area is 206 Å². The van der Waals surface area contributed by atoms with E-state index in [-0.39, 0.29) is 30.6 Å². The molecule has 0 saturated carbocycles. The van der Waals surface area contributed by atoms with Crippen LogP contribution in [0.2, 0.25) is 0 Å². The molecule has 36 heavy (non-hydrogen) atoms. The number of methoxy groups -OCH3 is 1. The predicted molar refractivity (Wildman–Crippen MR) is 124 cm³/mol. The highest BCUT2D eigenvalue weighted by molar-refractivity contribution is 5.89. The Hall–Kier alpha value is -3.48. The number of hydrogen-bond donors (Lipinski definition) is 1. The number of alkyl halides is 5. The molecule has 3 aromatic heterocycles. The number of imidazole rings is 1. The molecular weight excluding hydrogens is 485 g/mol. The van der Waals surface area contributed by atoms with Gasteiger partial charge in [-0.05, 0) is 44.1 Å². The van der Waals surface area contributed by atoms with Crippen LogP contribution in [0.3, 0.4) is 0 Å². The van der Waals surface area contributed by atoms with Crippen molar-refractivity contribution in [2.75, 3.05) is 32.5 Å². The van der Waals surface area contributed by atoms with Crippen LogP contribution in [0, 0.1) is 6.92 Å². The van der Waals surface area contributed by atoms with E-state index in [2.05, 4.69) is 20.4 Å². The number of anilines is 1. The molecule has 192 valence electrons. The first kappa shape index (κ1) is 20.7. The third-order valence-electron chi connectivity index (χ3n) is 6.16. The summed E-state index contributed by atoms with van der Waals surface area (Å²) in [6.07, 6.45) is -3.03. The fourth-order valence-corrected chi connectivity index (χ4v) is 4.49. The Morgan fingerprint density at radius 1 is 1.25 bits per heavy atom. The second-order valence-electron chi connectivity index (χ2n) is 8.70. The van der Waals surface area contributed by atoms with Crippen LogP contribution in [0.1, 0.15) is 16.4 Å². The summed E-state index contributed by atoms with van der Waals surface area (Å²) < 4.78 is 99.2. The molecule has 1 N–H and O–H groups in total. The van der Waals surface area contributed by atoms with Crippen LogP contribution in [0.25, 0.3) is 27.7 Å². The lowest BCUT2D eigenvalue weighted by Gasteiger charge is -2.36. The van der Waals surface area contributed by atoms with Gasteiger partial charge in [0.1, 0.15) is 17.9 Å². The monoisotopic (exact) mass is 512 g/mol. The van der Waals surface area contributed by atoms with E-state index in [0.29, 0.717) is 27.7 Å². The van der Waals surface area contributed by atoms with Gasteiger partial charge in [0.05, 0.1) is 30.7 Å². The molecule has 5 rings (SSSR count). The number of benzene rings is 1. The van der Waals surface area contributed by atoms with Crippen molar-refractivity contribution in [3.63, 3.8) is 0 Å². The van der Waals surface area contributed by atoms with Gasteiger partial charge in [0.25, 0.3) is 5.92 Å². The summed E-state index contributed by atoms with van der Waals surface area (Å²) in [7, 11) is 1.34. The molecule has 0 spiro atoms. The van der Waals surface area contributed by atoms with E-state index >= 15 is 0 Å².